The van der Waals surface area contributed by atoms with Crippen LogP contribution in [0, 0.1) is 5.82 Å². The maximum Gasteiger partial charge on any atom is 0.419 e. The Balaban J connectivity index is 3.09. The van der Waals surface area contributed by atoms with Crippen LogP contribution in [0.15, 0.2) is 18.2 Å². The summed E-state index contributed by atoms with van der Waals surface area (Å²) in [5.41, 5.74) is -1.56. The molecule has 0 radical (unpaired) electrons. The lowest BCUT2D eigenvalue weighted by atomic mass is 10.1. The van der Waals surface area contributed by atoms with E-state index in [0.29, 0.717) is 12.1 Å². The number of halogens is 4. The van der Waals surface area contributed by atoms with Crippen molar-refractivity contribution >= 4 is 5.78 Å². The summed E-state index contributed by atoms with van der Waals surface area (Å²) < 4.78 is 50.1. The molecule has 0 amide bonds. The number of nitrogens with zero attached hydrogens (tertiary/aromatic N) is 1. The molecule has 6 heteroatoms. The Labute approximate surface area is 95.8 Å². The van der Waals surface area contributed by atoms with Gasteiger partial charge in [0.2, 0.25) is 0 Å². The maximum absolute atomic E-state index is 12.9. The number of carbonyl (C=O) groups is 1. The molecule has 17 heavy (non-hydrogen) atoms. The first-order valence-corrected chi connectivity index (χ1v) is 4.76. The van der Waals surface area contributed by atoms with Crippen LogP contribution in [0.4, 0.5) is 17.6 Å². The second-order valence-corrected chi connectivity index (χ2v) is 3.85. The Morgan fingerprint density at radius 3 is 2.35 bits per heavy atom. The van der Waals surface area contributed by atoms with Gasteiger partial charge in [0.15, 0.2) is 5.78 Å². The van der Waals surface area contributed by atoms with Crippen LogP contribution in [0.25, 0.3) is 0 Å². The molecule has 0 saturated carbocycles. The van der Waals surface area contributed by atoms with Crippen LogP contribution in [0.2, 0.25) is 0 Å². The van der Waals surface area contributed by atoms with E-state index in [1.54, 1.807) is 14.1 Å². The number of hydrogen-bond donors (Lipinski definition) is 0. The van der Waals surface area contributed by atoms with Crippen molar-refractivity contribution in [3.63, 3.8) is 0 Å². The van der Waals surface area contributed by atoms with Crippen LogP contribution in [-0.2, 0) is 6.18 Å². The van der Waals surface area contributed by atoms with Crippen molar-refractivity contribution in [1.29, 1.82) is 0 Å². The van der Waals surface area contributed by atoms with Crippen LogP contribution in [0.3, 0.4) is 0 Å². The lowest BCUT2D eigenvalue weighted by molar-refractivity contribution is -0.140. The Bertz CT molecular complexity index is 426. The van der Waals surface area contributed by atoms with E-state index in [4.69, 9.17) is 0 Å². The summed E-state index contributed by atoms with van der Waals surface area (Å²) in [6.45, 7) is -0.0249. The predicted octanol–water partition coefficient (Wildman–Crippen LogP) is 2.59. The molecular weight excluding hydrogens is 238 g/mol. The normalized spacial score (nSPS) is 11.9. The van der Waals surface area contributed by atoms with Crippen LogP contribution < -0.4 is 0 Å². The molecule has 1 rings (SSSR count). The first kappa shape index (κ1) is 13.6. The molecule has 94 valence electrons. The van der Waals surface area contributed by atoms with Gasteiger partial charge in [-0.25, -0.2) is 4.39 Å². The first-order chi connectivity index (χ1) is 7.71. The fourth-order valence-electron chi connectivity index (χ4n) is 1.29. The molecule has 0 fully saturated rings. The molecule has 0 aliphatic heterocycles. The van der Waals surface area contributed by atoms with E-state index < -0.39 is 23.3 Å². The van der Waals surface area contributed by atoms with E-state index in [1.807, 2.05) is 0 Å². The van der Waals surface area contributed by atoms with E-state index >= 15 is 0 Å². The number of alkyl halides is 3. The molecule has 2 nitrogen and oxygen atoms in total. The molecule has 0 N–H and O–H groups in total. The fourth-order valence-corrected chi connectivity index (χ4v) is 1.29. The summed E-state index contributed by atoms with van der Waals surface area (Å²) in [4.78, 5) is 13.0. The Morgan fingerprint density at radius 2 is 1.88 bits per heavy atom. The van der Waals surface area contributed by atoms with Gasteiger partial charge in [-0.15, -0.1) is 0 Å². The fraction of sp³-hybridized carbons (Fsp3) is 0.364. The van der Waals surface area contributed by atoms with E-state index in [0.717, 1.165) is 6.07 Å². The standard InChI is InChI=1S/C11H11F4NO/c1-16(2)6-10(17)7-3-4-9(12)8(5-7)11(13,14)15/h3-5H,6H2,1-2H3. The van der Waals surface area contributed by atoms with Crippen LogP contribution in [0.1, 0.15) is 15.9 Å². The van der Waals surface area contributed by atoms with E-state index in [2.05, 4.69) is 0 Å². The summed E-state index contributed by atoms with van der Waals surface area (Å²) in [6, 6.07) is 2.25. The average molecular weight is 249 g/mol. The molecule has 1 aromatic rings. The predicted molar refractivity (Wildman–Crippen MR) is 54.3 cm³/mol. The zero-order valence-corrected chi connectivity index (χ0v) is 9.31. The summed E-state index contributed by atoms with van der Waals surface area (Å²) in [7, 11) is 3.23. The molecule has 0 aliphatic rings. The van der Waals surface area contributed by atoms with Crippen molar-refractivity contribution in [2.45, 2.75) is 6.18 Å². The summed E-state index contributed by atoms with van der Waals surface area (Å²) in [5, 5.41) is 0. The van der Waals surface area contributed by atoms with Crippen molar-refractivity contribution in [2.75, 3.05) is 20.6 Å². The van der Waals surface area contributed by atoms with Gasteiger partial charge in [-0.05, 0) is 32.3 Å². The van der Waals surface area contributed by atoms with E-state index in [1.165, 1.54) is 4.90 Å². The van der Waals surface area contributed by atoms with Gasteiger partial charge in [0.1, 0.15) is 5.82 Å². The number of hydrogen-bond acceptors (Lipinski definition) is 2. The highest BCUT2D eigenvalue weighted by Crippen LogP contribution is 2.31. The van der Waals surface area contributed by atoms with E-state index in [-0.39, 0.29) is 12.1 Å². The van der Waals surface area contributed by atoms with Crippen molar-refractivity contribution < 1.29 is 22.4 Å². The largest absolute Gasteiger partial charge is 0.419 e. The minimum absolute atomic E-state index is 0.0249. The minimum atomic E-state index is -4.79. The van der Waals surface area contributed by atoms with Crippen LogP contribution in [-0.4, -0.2) is 31.3 Å². The third kappa shape index (κ3) is 3.52. The molecule has 0 unspecified atom stereocenters. The number of likely N-dealkylation sites (N-methyl/N-ethyl adjacent to an activating group) is 1. The van der Waals surface area contributed by atoms with Crippen molar-refractivity contribution in [1.82, 2.24) is 4.90 Å². The van der Waals surface area contributed by atoms with Crippen LogP contribution >= 0.6 is 0 Å². The van der Waals surface area contributed by atoms with Gasteiger partial charge in [0.25, 0.3) is 0 Å². The molecule has 0 spiro atoms. The Morgan fingerprint density at radius 1 is 1.29 bits per heavy atom. The molecule has 0 heterocycles. The highest BCUT2D eigenvalue weighted by atomic mass is 19.4. The quantitative estimate of drug-likeness (QED) is 0.606. The average Bonchev–Trinajstić information content (AvgIpc) is 2.15. The molecule has 1 aromatic carbocycles. The van der Waals surface area contributed by atoms with Crippen molar-refractivity contribution in [3.8, 4) is 0 Å². The highest BCUT2D eigenvalue weighted by Gasteiger charge is 2.34. The number of Topliss-reactive ketones (excluding diaryl/α,β-unsaturated/α-hetero) is 1. The highest BCUT2D eigenvalue weighted by molar-refractivity contribution is 5.97. The van der Waals surface area contributed by atoms with Gasteiger partial charge < -0.3 is 4.90 Å². The third-order valence-electron chi connectivity index (χ3n) is 2.05. The number of ketones is 1. The lowest BCUT2D eigenvalue weighted by Gasteiger charge is -2.11. The van der Waals surface area contributed by atoms with Crippen molar-refractivity contribution in [2.24, 2.45) is 0 Å². The SMILES string of the molecule is CN(C)CC(=O)c1ccc(F)c(C(F)(F)F)c1. The van der Waals surface area contributed by atoms with Gasteiger partial charge in [-0.1, -0.05) is 0 Å². The molecule has 0 atom stereocenters. The first-order valence-electron chi connectivity index (χ1n) is 4.76. The zero-order chi connectivity index (χ0) is 13.2. The third-order valence-corrected chi connectivity index (χ3v) is 2.05. The zero-order valence-electron chi connectivity index (χ0n) is 9.31. The molecular formula is C11H11F4NO. The van der Waals surface area contributed by atoms with Crippen LogP contribution in [0.5, 0.6) is 0 Å². The maximum atomic E-state index is 12.9. The van der Waals surface area contributed by atoms with Gasteiger partial charge >= 0.3 is 6.18 Å². The van der Waals surface area contributed by atoms with Gasteiger partial charge in [-0.2, -0.15) is 13.2 Å². The van der Waals surface area contributed by atoms with Gasteiger partial charge in [-0.3, -0.25) is 4.79 Å². The van der Waals surface area contributed by atoms with E-state index in [9.17, 15) is 22.4 Å². The molecule has 0 saturated heterocycles. The number of rotatable bonds is 3. The lowest BCUT2D eigenvalue weighted by Crippen LogP contribution is -2.22. The molecule has 0 aliphatic carbocycles. The second-order valence-electron chi connectivity index (χ2n) is 3.85. The second kappa shape index (κ2) is 4.83. The summed E-state index contributed by atoms with van der Waals surface area (Å²) in [6.07, 6.45) is -4.79. The van der Waals surface area contributed by atoms with Gasteiger partial charge in [0.05, 0.1) is 12.1 Å². The summed E-state index contributed by atoms with van der Waals surface area (Å²) in [5.74, 6) is -1.86. The number of carbonyl (C=O) groups excluding carboxylic acids is 1. The topological polar surface area (TPSA) is 20.3 Å². The minimum Gasteiger partial charge on any atom is -0.302 e. The Hall–Kier alpha value is -1.43. The van der Waals surface area contributed by atoms with Gasteiger partial charge in [0, 0.05) is 5.56 Å². The molecule has 0 aromatic heterocycles. The smallest absolute Gasteiger partial charge is 0.302 e. The van der Waals surface area contributed by atoms with Crippen molar-refractivity contribution in [3.05, 3.63) is 35.1 Å². The summed E-state index contributed by atoms with van der Waals surface area (Å²) >= 11 is 0. The number of benzene rings is 1. The molecule has 0 bridgehead atoms. The monoisotopic (exact) mass is 249 g/mol. The Kier molecular flexibility index (Phi) is 3.87.